The first-order valence-electron chi connectivity index (χ1n) is 7.60. The summed E-state index contributed by atoms with van der Waals surface area (Å²) in [6.45, 7) is 4.72. The molecule has 118 valence electrons. The molecule has 1 N–H and O–H groups in total. The van der Waals surface area contributed by atoms with E-state index in [9.17, 15) is 9.59 Å². The highest BCUT2D eigenvalue weighted by Crippen LogP contribution is 2.22. The van der Waals surface area contributed by atoms with Gasteiger partial charge in [-0.3, -0.25) is 14.2 Å². The minimum Gasteiger partial charge on any atom is -0.322 e. The van der Waals surface area contributed by atoms with Crippen LogP contribution in [0.1, 0.15) is 29.3 Å². The molecule has 0 saturated heterocycles. The maximum atomic E-state index is 12.3. The predicted molar refractivity (Wildman–Crippen MR) is 95.5 cm³/mol. The molecular weight excluding hydrogens is 308 g/mol. The first-order valence-corrected chi connectivity index (χ1v) is 8.41. The second-order valence-corrected chi connectivity index (χ2v) is 6.52. The van der Waals surface area contributed by atoms with Crippen LogP contribution in [-0.2, 0) is 6.54 Å². The first-order chi connectivity index (χ1) is 11.1. The van der Waals surface area contributed by atoms with Crippen LogP contribution in [0.15, 0.2) is 47.3 Å². The van der Waals surface area contributed by atoms with E-state index in [-0.39, 0.29) is 10.8 Å². The number of hydrogen-bond acceptors (Lipinski definition) is 3. The van der Waals surface area contributed by atoms with Crippen molar-refractivity contribution in [1.82, 2.24) is 4.57 Å². The Morgan fingerprint density at radius 3 is 2.78 bits per heavy atom. The lowest BCUT2D eigenvalue weighted by Crippen LogP contribution is -2.12. The summed E-state index contributed by atoms with van der Waals surface area (Å²) >= 11 is 1.21. The average Bonchev–Trinajstić information content (AvgIpc) is 2.83. The van der Waals surface area contributed by atoms with Crippen LogP contribution in [-0.4, -0.2) is 10.5 Å². The number of nitrogens with one attached hydrogen (secondary N) is 1. The van der Waals surface area contributed by atoms with Gasteiger partial charge in [0.15, 0.2) is 0 Å². The molecular formula is C18H18N2O2S. The Hall–Kier alpha value is -2.40. The van der Waals surface area contributed by atoms with Gasteiger partial charge in [-0.25, -0.2) is 0 Å². The number of nitrogens with zero attached hydrogens (tertiary/aromatic N) is 1. The number of hydrogen-bond donors (Lipinski definition) is 1. The largest absolute Gasteiger partial charge is 0.322 e. The summed E-state index contributed by atoms with van der Waals surface area (Å²) in [5.74, 6) is -0.145. The fraction of sp³-hybridized carbons (Fsp3) is 0.222. The number of rotatable bonds is 4. The minimum atomic E-state index is -0.145. The third-order valence-corrected chi connectivity index (χ3v) is 4.60. The monoisotopic (exact) mass is 326 g/mol. The minimum absolute atomic E-state index is 0.0454. The Morgan fingerprint density at radius 2 is 2.04 bits per heavy atom. The van der Waals surface area contributed by atoms with Gasteiger partial charge in [-0.1, -0.05) is 36.0 Å². The molecule has 2 aromatic carbocycles. The Balaban J connectivity index is 1.89. The second kappa shape index (κ2) is 6.38. The highest BCUT2D eigenvalue weighted by atomic mass is 32.1. The van der Waals surface area contributed by atoms with Crippen LogP contribution >= 0.6 is 11.3 Å². The van der Waals surface area contributed by atoms with Gasteiger partial charge in [0.05, 0.1) is 10.2 Å². The third kappa shape index (κ3) is 3.19. The van der Waals surface area contributed by atoms with Crippen molar-refractivity contribution in [1.29, 1.82) is 0 Å². The highest BCUT2D eigenvalue weighted by molar-refractivity contribution is 7.16. The van der Waals surface area contributed by atoms with E-state index in [0.29, 0.717) is 17.8 Å². The molecule has 5 heteroatoms. The lowest BCUT2D eigenvalue weighted by Gasteiger charge is -2.07. The zero-order chi connectivity index (χ0) is 16.4. The van der Waals surface area contributed by atoms with Gasteiger partial charge in [0.25, 0.3) is 5.91 Å². The summed E-state index contributed by atoms with van der Waals surface area (Å²) in [5, 5.41) is 2.89. The summed E-state index contributed by atoms with van der Waals surface area (Å²) in [6.07, 6.45) is 0.914. The van der Waals surface area contributed by atoms with E-state index in [4.69, 9.17) is 0 Å². The molecule has 1 heterocycles. The molecule has 23 heavy (non-hydrogen) atoms. The molecule has 0 saturated carbocycles. The van der Waals surface area contributed by atoms with E-state index < -0.39 is 0 Å². The molecule has 4 nitrogen and oxygen atoms in total. The normalized spacial score (nSPS) is 10.9. The smallest absolute Gasteiger partial charge is 0.308 e. The zero-order valence-electron chi connectivity index (χ0n) is 13.1. The maximum Gasteiger partial charge on any atom is 0.308 e. The van der Waals surface area contributed by atoms with Gasteiger partial charge < -0.3 is 5.32 Å². The molecule has 0 spiro atoms. The quantitative estimate of drug-likeness (QED) is 0.787. The van der Waals surface area contributed by atoms with Gasteiger partial charge in [-0.2, -0.15) is 0 Å². The Kier molecular flexibility index (Phi) is 4.30. The number of carbonyl (C=O) groups is 1. The number of thiazole rings is 1. The van der Waals surface area contributed by atoms with Gasteiger partial charge >= 0.3 is 4.87 Å². The molecule has 0 atom stereocenters. The predicted octanol–water partition coefficient (Wildman–Crippen LogP) is 4.03. The molecule has 0 unspecified atom stereocenters. The highest BCUT2D eigenvalue weighted by Gasteiger charge is 2.10. The number of benzene rings is 2. The van der Waals surface area contributed by atoms with Gasteiger partial charge in [0, 0.05) is 17.8 Å². The van der Waals surface area contributed by atoms with Crippen molar-refractivity contribution in [2.75, 3.05) is 5.32 Å². The first kappa shape index (κ1) is 15.5. The summed E-state index contributed by atoms with van der Waals surface area (Å²) < 4.78 is 2.68. The number of anilines is 1. The molecule has 0 aliphatic heterocycles. The molecule has 0 bridgehead atoms. The molecule has 0 aliphatic carbocycles. The topological polar surface area (TPSA) is 51.1 Å². The van der Waals surface area contributed by atoms with Crippen molar-refractivity contribution in [2.24, 2.45) is 0 Å². The standard InChI is InChI=1S/C18H18N2O2S/c1-3-9-20-15-8-7-14(11-16(15)23-18(20)22)19-17(21)13-6-4-5-12(2)10-13/h4-8,10-11H,3,9H2,1-2H3,(H,19,21). The fourth-order valence-corrected chi connectivity index (χ4v) is 3.53. The van der Waals surface area contributed by atoms with Crippen molar-refractivity contribution in [3.8, 4) is 0 Å². The van der Waals surface area contributed by atoms with E-state index in [0.717, 1.165) is 22.2 Å². The lowest BCUT2D eigenvalue weighted by atomic mass is 10.1. The summed E-state index contributed by atoms with van der Waals surface area (Å²) in [4.78, 5) is 24.4. The zero-order valence-corrected chi connectivity index (χ0v) is 13.9. The number of amides is 1. The van der Waals surface area contributed by atoms with Crippen LogP contribution in [0, 0.1) is 6.92 Å². The number of aromatic nitrogens is 1. The van der Waals surface area contributed by atoms with E-state index in [1.165, 1.54) is 11.3 Å². The average molecular weight is 326 g/mol. The number of carbonyl (C=O) groups excluding carboxylic acids is 1. The molecule has 0 fully saturated rings. The Bertz CT molecular complexity index is 924. The van der Waals surface area contributed by atoms with E-state index in [1.807, 2.05) is 50.2 Å². The van der Waals surface area contributed by atoms with Gasteiger partial charge in [-0.05, 0) is 43.7 Å². The number of aryl methyl sites for hydroxylation is 2. The van der Waals surface area contributed by atoms with Gasteiger partial charge in [0.1, 0.15) is 0 Å². The van der Waals surface area contributed by atoms with Gasteiger partial charge in [-0.15, -0.1) is 0 Å². The summed E-state index contributed by atoms with van der Waals surface area (Å²) in [6, 6.07) is 13.1. The molecule has 1 aromatic heterocycles. The van der Waals surface area contributed by atoms with Gasteiger partial charge in [0.2, 0.25) is 0 Å². The lowest BCUT2D eigenvalue weighted by molar-refractivity contribution is 0.102. The number of fused-ring (bicyclic) bond motifs is 1. The Labute approximate surface area is 138 Å². The Morgan fingerprint density at radius 1 is 1.22 bits per heavy atom. The van der Waals surface area contributed by atoms with Crippen molar-refractivity contribution >= 4 is 33.1 Å². The summed E-state index contributed by atoms with van der Waals surface area (Å²) in [5.41, 5.74) is 3.30. The SMILES string of the molecule is CCCn1c(=O)sc2cc(NC(=O)c3cccc(C)c3)ccc21. The van der Waals surface area contributed by atoms with Crippen LogP contribution in [0.25, 0.3) is 10.2 Å². The van der Waals surface area contributed by atoms with Crippen molar-refractivity contribution in [2.45, 2.75) is 26.8 Å². The molecule has 0 aliphatic rings. The van der Waals surface area contributed by atoms with Crippen LogP contribution in [0.4, 0.5) is 5.69 Å². The van der Waals surface area contributed by atoms with Crippen molar-refractivity contribution < 1.29 is 4.79 Å². The van der Waals surface area contributed by atoms with Crippen molar-refractivity contribution in [3.05, 3.63) is 63.3 Å². The molecule has 0 radical (unpaired) electrons. The molecule has 3 rings (SSSR count). The van der Waals surface area contributed by atoms with Crippen LogP contribution in [0.3, 0.4) is 0 Å². The second-order valence-electron chi connectivity index (χ2n) is 5.53. The van der Waals surface area contributed by atoms with Crippen LogP contribution in [0.2, 0.25) is 0 Å². The molecule has 1 amide bonds. The van der Waals surface area contributed by atoms with E-state index >= 15 is 0 Å². The molecule has 3 aromatic rings. The third-order valence-electron chi connectivity index (χ3n) is 3.65. The van der Waals surface area contributed by atoms with E-state index in [1.54, 1.807) is 10.6 Å². The summed E-state index contributed by atoms with van der Waals surface area (Å²) in [7, 11) is 0. The van der Waals surface area contributed by atoms with Crippen molar-refractivity contribution in [3.63, 3.8) is 0 Å². The van der Waals surface area contributed by atoms with Crippen LogP contribution < -0.4 is 10.2 Å². The van der Waals surface area contributed by atoms with Crippen LogP contribution in [0.5, 0.6) is 0 Å². The maximum absolute atomic E-state index is 12.3. The van der Waals surface area contributed by atoms with E-state index in [2.05, 4.69) is 5.32 Å². The fourth-order valence-electron chi connectivity index (χ4n) is 2.57.